The number of aryl methyl sites for hydroxylation is 1. The minimum atomic E-state index is -0.191. The molecule has 3 nitrogen and oxygen atoms in total. The summed E-state index contributed by atoms with van der Waals surface area (Å²) in [6, 6.07) is 7.88. The fourth-order valence-corrected chi connectivity index (χ4v) is 1.87. The molecule has 1 heterocycles. The summed E-state index contributed by atoms with van der Waals surface area (Å²) in [6.07, 6.45) is 0. The zero-order chi connectivity index (χ0) is 11.9. The molecule has 0 aliphatic carbocycles. The van der Waals surface area contributed by atoms with Crippen LogP contribution in [0, 0.1) is 0 Å². The summed E-state index contributed by atoms with van der Waals surface area (Å²) < 4.78 is 1.59. The van der Waals surface area contributed by atoms with Gasteiger partial charge in [0.1, 0.15) is 0 Å². The number of hydrogen-bond donors (Lipinski definition) is 0. The Balaban J connectivity index is 2.97. The largest absolute Gasteiger partial charge is 0.348 e. The van der Waals surface area contributed by atoms with Crippen molar-refractivity contribution in [2.75, 3.05) is 0 Å². The first-order valence-corrected chi connectivity index (χ1v) is 5.37. The number of hydrogen-bond acceptors (Lipinski definition) is 2. The summed E-state index contributed by atoms with van der Waals surface area (Å²) in [5.74, 6) is 0. The van der Waals surface area contributed by atoms with Gasteiger partial charge in [-0.1, -0.05) is 39.0 Å². The molecule has 3 heteroatoms. The van der Waals surface area contributed by atoms with E-state index in [-0.39, 0.29) is 11.1 Å². The van der Waals surface area contributed by atoms with Crippen molar-refractivity contribution in [3.8, 4) is 0 Å². The van der Waals surface area contributed by atoms with Gasteiger partial charge in [-0.2, -0.15) is 4.98 Å². The zero-order valence-electron chi connectivity index (χ0n) is 10.1. The van der Waals surface area contributed by atoms with E-state index in [1.807, 2.05) is 24.3 Å². The molecular formula is C13H16N2O. The predicted octanol–water partition coefficient (Wildman–Crippen LogP) is 2.23. The highest BCUT2D eigenvalue weighted by atomic mass is 16.1. The molecule has 2 rings (SSSR count). The number of aromatic nitrogens is 2. The summed E-state index contributed by atoms with van der Waals surface area (Å²) >= 11 is 0. The lowest BCUT2D eigenvalue weighted by Gasteiger charge is -2.20. The first-order chi connectivity index (χ1) is 7.41. The van der Waals surface area contributed by atoms with E-state index in [2.05, 4.69) is 25.8 Å². The van der Waals surface area contributed by atoms with E-state index in [9.17, 15) is 4.79 Å². The second kappa shape index (κ2) is 3.44. The van der Waals surface area contributed by atoms with E-state index in [1.54, 1.807) is 11.6 Å². The monoisotopic (exact) mass is 216 g/mol. The van der Waals surface area contributed by atoms with Crippen LogP contribution in [0.25, 0.3) is 10.9 Å². The maximum absolute atomic E-state index is 11.8. The molecule has 0 unspecified atom stereocenters. The smallest absolute Gasteiger partial charge is 0.295 e. The third-order valence-corrected chi connectivity index (χ3v) is 2.73. The second-order valence-corrected chi connectivity index (χ2v) is 5.07. The van der Waals surface area contributed by atoms with Crippen LogP contribution in [0.1, 0.15) is 26.5 Å². The van der Waals surface area contributed by atoms with Gasteiger partial charge in [0, 0.05) is 17.8 Å². The Morgan fingerprint density at radius 3 is 2.44 bits per heavy atom. The molecule has 1 aromatic heterocycles. The third kappa shape index (κ3) is 1.62. The summed E-state index contributed by atoms with van der Waals surface area (Å²) in [4.78, 5) is 15.9. The van der Waals surface area contributed by atoms with Crippen molar-refractivity contribution in [1.29, 1.82) is 0 Å². The van der Waals surface area contributed by atoms with E-state index >= 15 is 0 Å². The van der Waals surface area contributed by atoms with Crippen LogP contribution < -0.4 is 5.69 Å². The predicted molar refractivity (Wildman–Crippen MR) is 65.7 cm³/mol. The molecule has 0 saturated heterocycles. The normalized spacial score (nSPS) is 12.0. The first kappa shape index (κ1) is 10.9. The fourth-order valence-electron chi connectivity index (χ4n) is 1.87. The third-order valence-electron chi connectivity index (χ3n) is 2.73. The number of fused-ring (bicyclic) bond motifs is 1. The molecule has 16 heavy (non-hydrogen) atoms. The Labute approximate surface area is 94.7 Å². The standard InChI is InChI=1S/C13H16N2O/c1-13(2,3)11-9-7-5-6-8-10(9)15(4)12(16)14-11/h5-8H,1-4H3. The Morgan fingerprint density at radius 1 is 1.19 bits per heavy atom. The summed E-state index contributed by atoms with van der Waals surface area (Å²) in [7, 11) is 1.75. The molecule has 0 bridgehead atoms. The van der Waals surface area contributed by atoms with Crippen molar-refractivity contribution in [3.63, 3.8) is 0 Å². The van der Waals surface area contributed by atoms with Crippen LogP contribution in [0.4, 0.5) is 0 Å². The van der Waals surface area contributed by atoms with Gasteiger partial charge >= 0.3 is 5.69 Å². The molecule has 0 radical (unpaired) electrons. The highest BCUT2D eigenvalue weighted by Gasteiger charge is 2.20. The molecule has 0 atom stereocenters. The van der Waals surface area contributed by atoms with Gasteiger partial charge < -0.3 is 0 Å². The van der Waals surface area contributed by atoms with E-state index in [1.165, 1.54) is 0 Å². The van der Waals surface area contributed by atoms with Gasteiger partial charge in [0.25, 0.3) is 0 Å². The van der Waals surface area contributed by atoms with Crippen LogP contribution in [0.3, 0.4) is 0 Å². The molecule has 1 aromatic carbocycles. The second-order valence-electron chi connectivity index (χ2n) is 5.07. The van der Waals surface area contributed by atoms with Crippen LogP contribution >= 0.6 is 0 Å². The number of benzene rings is 1. The number of nitrogens with zero attached hydrogens (tertiary/aromatic N) is 2. The molecule has 84 valence electrons. The van der Waals surface area contributed by atoms with Crippen molar-refractivity contribution in [2.45, 2.75) is 26.2 Å². The highest BCUT2D eigenvalue weighted by Crippen LogP contribution is 2.26. The maximum atomic E-state index is 11.8. The number of rotatable bonds is 0. The minimum Gasteiger partial charge on any atom is -0.295 e. The van der Waals surface area contributed by atoms with Crippen molar-refractivity contribution < 1.29 is 0 Å². The lowest BCUT2D eigenvalue weighted by atomic mass is 9.89. The molecule has 0 spiro atoms. The Kier molecular flexibility index (Phi) is 2.34. The molecule has 0 aliphatic rings. The topological polar surface area (TPSA) is 34.9 Å². The fraction of sp³-hybridized carbons (Fsp3) is 0.385. The van der Waals surface area contributed by atoms with Crippen molar-refractivity contribution >= 4 is 10.9 Å². The van der Waals surface area contributed by atoms with Gasteiger partial charge in [-0.3, -0.25) is 4.57 Å². The van der Waals surface area contributed by atoms with Gasteiger partial charge in [-0.15, -0.1) is 0 Å². The summed E-state index contributed by atoms with van der Waals surface area (Å²) in [5.41, 5.74) is 1.50. The Morgan fingerprint density at radius 2 is 1.81 bits per heavy atom. The zero-order valence-corrected chi connectivity index (χ0v) is 10.1. The lowest BCUT2D eigenvalue weighted by molar-refractivity contribution is 0.567. The van der Waals surface area contributed by atoms with Crippen LogP contribution in [-0.4, -0.2) is 9.55 Å². The molecule has 0 N–H and O–H groups in total. The Hall–Kier alpha value is -1.64. The quantitative estimate of drug-likeness (QED) is 0.677. The van der Waals surface area contributed by atoms with Crippen LogP contribution in [0.5, 0.6) is 0 Å². The molecule has 2 aromatic rings. The average molecular weight is 216 g/mol. The maximum Gasteiger partial charge on any atom is 0.348 e. The van der Waals surface area contributed by atoms with E-state index < -0.39 is 0 Å². The average Bonchev–Trinajstić information content (AvgIpc) is 2.22. The first-order valence-electron chi connectivity index (χ1n) is 5.37. The van der Waals surface area contributed by atoms with Gasteiger partial charge in [-0.05, 0) is 6.07 Å². The SMILES string of the molecule is Cn1c(=O)nc(C(C)(C)C)c2ccccc21. The van der Waals surface area contributed by atoms with Crippen LogP contribution in [0.2, 0.25) is 0 Å². The van der Waals surface area contributed by atoms with Gasteiger partial charge in [0.15, 0.2) is 0 Å². The molecule has 0 fully saturated rings. The van der Waals surface area contributed by atoms with E-state index in [0.717, 1.165) is 16.6 Å². The van der Waals surface area contributed by atoms with E-state index in [4.69, 9.17) is 0 Å². The molecule has 0 amide bonds. The van der Waals surface area contributed by atoms with Gasteiger partial charge in [-0.25, -0.2) is 4.79 Å². The van der Waals surface area contributed by atoms with Crippen LogP contribution in [0.15, 0.2) is 29.1 Å². The van der Waals surface area contributed by atoms with Crippen molar-refractivity contribution in [3.05, 3.63) is 40.4 Å². The molecule has 0 saturated carbocycles. The Bertz CT molecular complexity index is 591. The van der Waals surface area contributed by atoms with Crippen LogP contribution in [-0.2, 0) is 12.5 Å². The lowest BCUT2D eigenvalue weighted by Crippen LogP contribution is -2.26. The van der Waals surface area contributed by atoms with Gasteiger partial charge in [0.2, 0.25) is 0 Å². The summed E-state index contributed by atoms with van der Waals surface area (Å²) in [5, 5.41) is 1.05. The number of para-hydroxylation sites is 1. The van der Waals surface area contributed by atoms with Gasteiger partial charge in [0.05, 0.1) is 11.2 Å². The molecule has 0 aliphatic heterocycles. The van der Waals surface area contributed by atoms with E-state index in [0.29, 0.717) is 0 Å². The minimum absolute atomic E-state index is 0.118. The highest BCUT2D eigenvalue weighted by molar-refractivity contribution is 5.82. The van der Waals surface area contributed by atoms with Crippen molar-refractivity contribution in [2.24, 2.45) is 7.05 Å². The van der Waals surface area contributed by atoms with Crippen molar-refractivity contribution in [1.82, 2.24) is 9.55 Å². The summed E-state index contributed by atoms with van der Waals surface area (Å²) in [6.45, 7) is 6.21. The molecular weight excluding hydrogens is 200 g/mol.